The van der Waals surface area contributed by atoms with Gasteiger partial charge in [-0.3, -0.25) is 4.79 Å². The molecule has 0 atom stereocenters. The molecule has 0 bridgehead atoms. The van der Waals surface area contributed by atoms with Crippen LogP contribution in [0.1, 0.15) is 22.3 Å². The molecule has 0 amide bonds. The van der Waals surface area contributed by atoms with Crippen LogP contribution in [0.25, 0.3) is 0 Å². The van der Waals surface area contributed by atoms with E-state index in [1.165, 1.54) is 0 Å². The maximum absolute atomic E-state index is 12.4. The van der Waals surface area contributed by atoms with Crippen molar-refractivity contribution in [3.63, 3.8) is 0 Å². The van der Waals surface area contributed by atoms with Crippen LogP contribution in [-0.2, 0) is 0 Å². The van der Waals surface area contributed by atoms with Gasteiger partial charge in [0.25, 0.3) is 11.7 Å². The van der Waals surface area contributed by atoms with Crippen LogP contribution in [0, 0.1) is 0 Å². The molecule has 0 aliphatic heterocycles. The highest BCUT2D eigenvalue weighted by Crippen LogP contribution is 2.30. The molecule has 7 heteroatoms. The Balaban J connectivity index is 3.44. The number of alkyl halides is 2. The maximum atomic E-state index is 12.4. The maximum Gasteiger partial charge on any atom is 0.264 e. The normalized spacial score (nSPS) is 10.7. The van der Waals surface area contributed by atoms with Crippen LogP contribution < -0.4 is 0 Å². The fraction of sp³-hybridized carbons (Fsp3) is 0.143. The van der Waals surface area contributed by atoms with Gasteiger partial charge in [0.05, 0.1) is 5.56 Å². The Morgan fingerprint density at radius 2 is 2.14 bits per heavy atom. The molecule has 0 aromatic carbocycles. The van der Waals surface area contributed by atoms with Crippen molar-refractivity contribution in [3.8, 4) is 0 Å². The van der Waals surface area contributed by atoms with Crippen molar-refractivity contribution in [2.45, 2.75) is 6.43 Å². The van der Waals surface area contributed by atoms with Crippen LogP contribution in [0.5, 0.6) is 0 Å². The van der Waals surface area contributed by atoms with Gasteiger partial charge in [-0.25, -0.2) is 13.8 Å². The molecule has 0 radical (unpaired) electrons. The summed E-state index contributed by atoms with van der Waals surface area (Å²) >= 11 is 13.5. The molecule has 0 saturated heterocycles. The van der Waals surface area contributed by atoms with E-state index in [1.54, 1.807) is 0 Å². The molecule has 1 aromatic rings. The molecule has 1 aromatic heterocycles. The monoisotopic (exact) mass is 303 g/mol. The number of halogens is 5. The predicted octanol–water partition coefficient (Wildman–Crippen LogP) is 3.81. The first-order valence-electron chi connectivity index (χ1n) is 3.27. The molecule has 0 saturated carbocycles. The van der Waals surface area contributed by atoms with Gasteiger partial charge in [0.1, 0.15) is 9.76 Å². The topological polar surface area (TPSA) is 30.0 Å². The van der Waals surface area contributed by atoms with Crippen molar-refractivity contribution < 1.29 is 13.6 Å². The van der Waals surface area contributed by atoms with Gasteiger partial charge in [-0.05, 0) is 33.6 Å². The average molecular weight is 305 g/mol. The highest BCUT2D eigenvalue weighted by molar-refractivity contribution is 9.10. The van der Waals surface area contributed by atoms with Gasteiger partial charge in [-0.2, -0.15) is 0 Å². The third kappa shape index (κ3) is 2.40. The Hall–Kier alpha value is -0.260. The fourth-order valence-electron chi connectivity index (χ4n) is 0.868. The van der Waals surface area contributed by atoms with Gasteiger partial charge < -0.3 is 0 Å². The third-order valence-corrected chi connectivity index (χ3v) is 2.27. The van der Waals surface area contributed by atoms with Gasteiger partial charge in [0.2, 0.25) is 0 Å². The zero-order valence-corrected chi connectivity index (χ0v) is 9.50. The second kappa shape index (κ2) is 4.51. The number of rotatable bonds is 2. The molecule has 14 heavy (non-hydrogen) atoms. The summed E-state index contributed by atoms with van der Waals surface area (Å²) in [6, 6.07) is 1.01. The Bertz CT molecular complexity index is 386. The van der Waals surface area contributed by atoms with E-state index >= 15 is 0 Å². The van der Waals surface area contributed by atoms with Crippen LogP contribution >= 0.6 is 39.1 Å². The van der Waals surface area contributed by atoms with Crippen LogP contribution in [0.4, 0.5) is 8.78 Å². The predicted molar refractivity (Wildman–Crippen MR) is 52.1 cm³/mol. The summed E-state index contributed by atoms with van der Waals surface area (Å²) < 4.78 is 25.0. The summed E-state index contributed by atoms with van der Waals surface area (Å²) in [6.45, 7) is 0. The smallest absolute Gasteiger partial charge is 0.264 e. The minimum atomic E-state index is -2.83. The van der Waals surface area contributed by atoms with Crippen molar-refractivity contribution in [1.82, 2.24) is 4.98 Å². The largest absolute Gasteiger partial charge is 0.275 e. The van der Waals surface area contributed by atoms with Crippen LogP contribution in [0.3, 0.4) is 0 Å². The van der Waals surface area contributed by atoms with Crippen molar-refractivity contribution in [1.29, 1.82) is 0 Å². The third-order valence-electron chi connectivity index (χ3n) is 1.41. The second-order valence-electron chi connectivity index (χ2n) is 2.27. The lowest BCUT2D eigenvalue weighted by atomic mass is 10.1. The lowest BCUT2D eigenvalue weighted by Crippen LogP contribution is -2.01. The first-order chi connectivity index (χ1) is 6.43. The molecular formula is C7H2BrCl2F2NO. The molecular weight excluding hydrogens is 303 g/mol. The minimum absolute atomic E-state index is 0.125. The van der Waals surface area contributed by atoms with E-state index in [4.69, 9.17) is 23.2 Å². The Labute approximate surface area is 96.3 Å². The van der Waals surface area contributed by atoms with Crippen molar-refractivity contribution >= 4 is 44.4 Å². The average Bonchev–Trinajstić information content (AvgIpc) is 2.01. The van der Waals surface area contributed by atoms with Gasteiger partial charge in [0.15, 0.2) is 0 Å². The fourth-order valence-corrected chi connectivity index (χ4v) is 1.93. The molecule has 0 aliphatic rings. The van der Waals surface area contributed by atoms with Crippen LogP contribution in [-0.4, -0.2) is 10.2 Å². The second-order valence-corrected chi connectivity index (χ2v) is 3.79. The number of carbonyl (C=O) groups is 1. The molecule has 2 nitrogen and oxygen atoms in total. The standard InChI is InChI=1S/C7H2BrCl2F2NO/c8-3-1-2(7(11)12)4(6(10)14)5(9)13-3/h1,7H. The molecule has 0 spiro atoms. The lowest BCUT2D eigenvalue weighted by molar-refractivity contribution is 0.106. The number of aromatic nitrogens is 1. The van der Waals surface area contributed by atoms with Crippen molar-refractivity contribution in [2.75, 3.05) is 0 Å². The number of nitrogens with zero attached hydrogens (tertiary/aromatic N) is 1. The van der Waals surface area contributed by atoms with Crippen molar-refractivity contribution in [3.05, 3.63) is 26.9 Å². The van der Waals surface area contributed by atoms with Crippen molar-refractivity contribution in [2.24, 2.45) is 0 Å². The van der Waals surface area contributed by atoms with E-state index in [1.807, 2.05) is 0 Å². The molecule has 1 rings (SSSR count). The van der Waals surface area contributed by atoms with Crippen LogP contribution in [0.2, 0.25) is 5.15 Å². The first kappa shape index (κ1) is 11.8. The van der Waals surface area contributed by atoms with E-state index in [2.05, 4.69) is 20.9 Å². The van der Waals surface area contributed by atoms with E-state index in [-0.39, 0.29) is 9.76 Å². The Kier molecular flexibility index (Phi) is 3.80. The first-order valence-corrected chi connectivity index (χ1v) is 4.82. The van der Waals surface area contributed by atoms with E-state index in [0.29, 0.717) is 0 Å². The van der Waals surface area contributed by atoms with Gasteiger partial charge in [-0.15, -0.1) is 0 Å². The zero-order chi connectivity index (χ0) is 10.9. The summed E-state index contributed by atoms with van der Waals surface area (Å²) in [7, 11) is 0. The SMILES string of the molecule is O=C(Cl)c1c(C(F)F)cc(Br)nc1Cl. The quantitative estimate of drug-likeness (QED) is 0.614. The molecule has 0 fully saturated rings. The minimum Gasteiger partial charge on any atom is -0.275 e. The number of pyridine rings is 1. The van der Waals surface area contributed by atoms with Gasteiger partial charge in [0, 0.05) is 5.56 Å². The Morgan fingerprint density at radius 1 is 1.57 bits per heavy atom. The molecule has 0 N–H and O–H groups in total. The highest BCUT2D eigenvalue weighted by Gasteiger charge is 2.22. The number of hydrogen-bond donors (Lipinski definition) is 0. The summed E-state index contributed by atoms with van der Waals surface area (Å²) in [5, 5.41) is -1.39. The van der Waals surface area contributed by atoms with Gasteiger partial charge >= 0.3 is 0 Å². The molecule has 0 aliphatic carbocycles. The summed E-state index contributed by atoms with van der Waals surface area (Å²) in [5.74, 6) is 0. The number of carbonyl (C=O) groups excluding carboxylic acids is 1. The van der Waals surface area contributed by atoms with Gasteiger partial charge in [-0.1, -0.05) is 11.6 Å². The molecule has 76 valence electrons. The Morgan fingerprint density at radius 3 is 2.57 bits per heavy atom. The number of hydrogen-bond acceptors (Lipinski definition) is 2. The summed E-state index contributed by atoms with van der Waals surface area (Å²) in [4.78, 5) is 14.4. The lowest BCUT2D eigenvalue weighted by Gasteiger charge is -2.06. The summed E-state index contributed by atoms with van der Waals surface area (Å²) in [6.07, 6.45) is -2.83. The summed E-state index contributed by atoms with van der Waals surface area (Å²) in [5.41, 5.74) is -0.983. The van der Waals surface area contributed by atoms with E-state index in [9.17, 15) is 13.6 Å². The van der Waals surface area contributed by atoms with Crippen LogP contribution in [0.15, 0.2) is 10.7 Å². The molecule has 0 unspecified atom stereocenters. The van der Waals surface area contributed by atoms with E-state index < -0.39 is 22.8 Å². The van der Waals surface area contributed by atoms with E-state index in [0.717, 1.165) is 6.07 Å². The highest BCUT2D eigenvalue weighted by atomic mass is 79.9. The molecule has 1 heterocycles. The zero-order valence-electron chi connectivity index (χ0n) is 6.40.